The molecule has 0 atom stereocenters. The summed E-state index contributed by atoms with van der Waals surface area (Å²) in [6.45, 7) is 0.845. The van der Waals surface area contributed by atoms with Gasteiger partial charge in [-0.15, -0.1) is 0 Å². The van der Waals surface area contributed by atoms with Crippen LogP contribution in [0.2, 0.25) is 0 Å². The van der Waals surface area contributed by atoms with Crippen molar-refractivity contribution in [3.8, 4) is 11.8 Å². The molecular formula is C17H17N3O3. The number of amides is 1. The van der Waals surface area contributed by atoms with Gasteiger partial charge in [-0.2, -0.15) is 5.10 Å². The summed E-state index contributed by atoms with van der Waals surface area (Å²) in [6, 6.07) is 12.2. The van der Waals surface area contributed by atoms with Crippen LogP contribution in [0.25, 0.3) is 0 Å². The lowest BCUT2D eigenvalue weighted by atomic mass is 10.2. The SMILES string of the molecule is COCCn1nc(C(=O)NCC#Cc2ccccc2)ccc1=O. The highest BCUT2D eigenvalue weighted by atomic mass is 16.5. The second-order valence-electron chi connectivity index (χ2n) is 4.62. The first-order valence-electron chi connectivity index (χ1n) is 7.10. The summed E-state index contributed by atoms with van der Waals surface area (Å²) < 4.78 is 6.11. The maximum atomic E-state index is 12.0. The highest BCUT2D eigenvalue weighted by Gasteiger charge is 2.08. The van der Waals surface area contributed by atoms with Crippen LogP contribution in [-0.2, 0) is 11.3 Å². The molecule has 0 radical (unpaired) electrons. The number of carbonyl (C=O) groups is 1. The summed E-state index contributed by atoms with van der Waals surface area (Å²) in [7, 11) is 1.53. The van der Waals surface area contributed by atoms with E-state index in [0.29, 0.717) is 13.2 Å². The fourth-order valence-corrected chi connectivity index (χ4v) is 1.79. The minimum Gasteiger partial charge on any atom is -0.383 e. The highest BCUT2D eigenvalue weighted by molar-refractivity contribution is 5.92. The molecule has 0 bridgehead atoms. The van der Waals surface area contributed by atoms with Crippen molar-refractivity contribution in [2.45, 2.75) is 6.54 Å². The number of hydrogen-bond donors (Lipinski definition) is 1. The molecule has 0 aliphatic carbocycles. The van der Waals surface area contributed by atoms with Gasteiger partial charge < -0.3 is 10.1 Å². The Morgan fingerprint density at radius 3 is 2.78 bits per heavy atom. The third kappa shape index (κ3) is 5.09. The van der Waals surface area contributed by atoms with Crippen molar-refractivity contribution in [1.82, 2.24) is 15.1 Å². The van der Waals surface area contributed by atoms with Crippen molar-refractivity contribution in [3.05, 3.63) is 64.1 Å². The third-order valence-corrected chi connectivity index (χ3v) is 2.95. The van der Waals surface area contributed by atoms with E-state index in [-0.39, 0.29) is 23.7 Å². The van der Waals surface area contributed by atoms with Gasteiger partial charge in [0.1, 0.15) is 5.69 Å². The molecule has 0 saturated carbocycles. The average molecular weight is 311 g/mol. The summed E-state index contributed by atoms with van der Waals surface area (Å²) in [5.41, 5.74) is 0.776. The van der Waals surface area contributed by atoms with E-state index >= 15 is 0 Å². The van der Waals surface area contributed by atoms with Gasteiger partial charge in [0.15, 0.2) is 0 Å². The Balaban J connectivity index is 1.96. The fraction of sp³-hybridized carbons (Fsp3) is 0.235. The number of benzene rings is 1. The Kier molecular flexibility index (Phi) is 6.09. The molecule has 0 unspecified atom stereocenters. The number of aromatic nitrogens is 2. The minimum atomic E-state index is -0.376. The van der Waals surface area contributed by atoms with Gasteiger partial charge in [-0.05, 0) is 18.2 Å². The molecule has 0 aliphatic heterocycles. The predicted octanol–water partition coefficient (Wildman–Crippen LogP) is 0.671. The van der Waals surface area contributed by atoms with Crippen LogP contribution in [0.4, 0.5) is 0 Å². The molecule has 2 rings (SSSR count). The Labute approximate surface area is 134 Å². The smallest absolute Gasteiger partial charge is 0.272 e. The van der Waals surface area contributed by atoms with E-state index in [0.717, 1.165) is 5.56 Å². The summed E-state index contributed by atoms with van der Waals surface area (Å²) in [5, 5.41) is 6.66. The molecule has 1 amide bonds. The number of nitrogens with one attached hydrogen (secondary N) is 1. The van der Waals surface area contributed by atoms with Crippen molar-refractivity contribution in [2.24, 2.45) is 0 Å². The number of carbonyl (C=O) groups excluding carboxylic acids is 1. The molecule has 2 aromatic rings. The second kappa shape index (κ2) is 8.51. The Morgan fingerprint density at radius 2 is 2.04 bits per heavy atom. The number of rotatable bonds is 5. The standard InChI is InChI=1S/C17H17N3O3/c1-23-13-12-20-16(21)10-9-15(19-20)17(22)18-11-5-8-14-6-3-2-4-7-14/h2-4,6-7,9-10H,11-13H2,1H3,(H,18,22). The number of ether oxygens (including phenoxy) is 1. The number of nitrogens with zero attached hydrogens (tertiary/aromatic N) is 2. The predicted molar refractivity (Wildman–Crippen MR) is 86.0 cm³/mol. The summed E-state index contributed by atoms with van der Waals surface area (Å²) in [5.74, 6) is 5.43. The molecular weight excluding hydrogens is 294 g/mol. The molecule has 0 saturated heterocycles. The van der Waals surface area contributed by atoms with Gasteiger partial charge in [0.2, 0.25) is 0 Å². The Hall–Kier alpha value is -2.91. The van der Waals surface area contributed by atoms with Crippen LogP contribution in [0.1, 0.15) is 16.1 Å². The van der Waals surface area contributed by atoms with Gasteiger partial charge in [-0.1, -0.05) is 30.0 Å². The third-order valence-electron chi connectivity index (χ3n) is 2.95. The monoisotopic (exact) mass is 311 g/mol. The lowest BCUT2D eigenvalue weighted by Gasteiger charge is -2.06. The van der Waals surface area contributed by atoms with Gasteiger partial charge in [-0.25, -0.2) is 4.68 Å². The van der Waals surface area contributed by atoms with Crippen LogP contribution in [-0.4, -0.2) is 35.9 Å². The molecule has 6 heteroatoms. The lowest BCUT2D eigenvalue weighted by Crippen LogP contribution is -2.30. The second-order valence-corrected chi connectivity index (χ2v) is 4.62. The summed E-state index contributed by atoms with van der Waals surface area (Å²) >= 11 is 0. The van der Waals surface area contributed by atoms with Gasteiger partial charge in [0.05, 0.1) is 19.7 Å². The summed E-state index contributed by atoms with van der Waals surface area (Å²) in [6.07, 6.45) is 0. The largest absolute Gasteiger partial charge is 0.383 e. The molecule has 0 spiro atoms. The zero-order valence-electron chi connectivity index (χ0n) is 12.8. The zero-order chi connectivity index (χ0) is 16.5. The molecule has 1 heterocycles. The van der Waals surface area contributed by atoms with E-state index in [1.54, 1.807) is 0 Å². The molecule has 1 aromatic heterocycles. The van der Waals surface area contributed by atoms with E-state index < -0.39 is 0 Å². The van der Waals surface area contributed by atoms with Crippen LogP contribution in [0.5, 0.6) is 0 Å². The van der Waals surface area contributed by atoms with Crippen LogP contribution in [0, 0.1) is 11.8 Å². The van der Waals surface area contributed by atoms with E-state index in [9.17, 15) is 9.59 Å². The van der Waals surface area contributed by atoms with E-state index in [1.165, 1.54) is 23.9 Å². The van der Waals surface area contributed by atoms with Crippen molar-refractivity contribution in [2.75, 3.05) is 20.3 Å². The number of methoxy groups -OCH3 is 1. The molecule has 118 valence electrons. The quantitative estimate of drug-likeness (QED) is 0.824. The average Bonchev–Trinajstić information content (AvgIpc) is 2.58. The number of hydrogen-bond acceptors (Lipinski definition) is 4. The molecule has 1 N–H and O–H groups in total. The normalized spacial score (nSPS) is 9.78. The minimum absolute atomic E-state index is 0.169. The first-order chi connectivity index (χ1) is 11.2. The molecule has 23 heavy (non-hydrogen) atoms. The first-order valence-corrected chi connectivity index (χ1v) is 7.10. The lowest BCUT2D eigenvalue weighted by molar-refractivity contribution is 0.0950. The zero-order valence-corrected chi connectivity index (χ0v) is 12.8. The van der Waals surface area contributed by atoms with Crippen molar-refractivity contribution in [1.29, 1.82) is 0 Å². The molecule has 6 nitrogen and oxygen atoms in total. The van der Waals surface area contributed by atoms with E-state index in [4.69, 9.17) is 4.74 Å². The van der Waals surface area contributed by atoms with Crippen LogP contribution in [0.15, 0.2) is 47.3 Å². The van der Waals surface area contributed by atoms with E-state index in [2.05, 4.69) is 22.3 Å². The van der Waals surface area contributed by atoms with Crippen LogP contribution >= 0.6 is 0 Å². The Morgan fingerprint density at radius 1 is 1.26 bits per heavy atom. The Bertz CT molecular complexity index is 773. The molecule has 1 aromatic carbocycles. The van der Waals surface area contributed by atoms with Crippen molar-refractivity contribution in [3.63, 3.8) is 0 Å². The van der Waals surface area contributed by atoms with Gasteiger partial charge in [0.25, 0.3) is 11.5 Å². The maximum absolute atomic E-state index is 12.0. The van der Waals surface area contributed by atoms with Crippen LogP contribution < -0.4 is 10.9 Å². The van der Waals surface area contributed by atoms with Crippen LogP contribution in [0.3, 0.4) is 0 Å². The molecule has 0 fully saturated rings. The summed E-state index contributed by atoms with van der Waals surface area (Å²) in [4.78, 5) is 23.6. The highest BCUT2D eigenvalue weighted by Crippen LogP contribution is 1.94. The topological polar surface area (TPSA) is 73.2 Å². The van der Waals surface area contributed by atoms with E-state index in [1.807, 2.05) is 30.3 Å². The van der Waals surface area contributed by atoms with Gasteiger partial charge in [0, 0.05) is 18.7 Å². The van der Waals surface area contributed by atoms with Gasteiger partial charge >= 0.3 is 0 Å². The fourth-order valence-electron chi connectivity index (χ4n) is 1.79. The van der Waals surface area contributed by atoms with Crippen molar-refractivity contribution >= 4 is 5.91 Å². The first kappa shape index (κ1) is 16.5. The van der Waals surface area contributed by atoms with Crippen molar-refractivity contribution < 1.29 is 9.53 Å². The molecule has 0 aliphatic rings. The maximum Gasteiger partial charge on any atom is 0.272 e. The van der Waals surface area contributed by atoms with Gasteiger partial charge in [-0.3, -0.25) is 9.59 Å².